The van der Waals surface area contributed by atoms with Crippen LogP contribution in [0.2, 0.25) is 0 Å². The summed E-state index contributed by atoms with van der Waals surface area (Å²) in [7, 11) is -6.27. The van der Waals surface area contributed by atoms with E-state index >= 15 is 0 Å². The SMILES string of the molecule is COc1ccc(F)cc1S(=O)(=O)N1CCC[C@@H](C(=O)NCc2ccc(S(=O)(=O)N3CCCCC3)cc2)C1. The lowest BCUT2D eigenvalue weighted by Gasteiger charge is -2.31. The van der Waals surface area contributed by atoms with Crippen molar-refractivity contribution in [3.05, 3.63) is 53.8 Å². The van der Waals surface area contributed by atoms with Crippen molar-refractivity contribution < 1.29 is 30.8 Å². The van der Waals surface area contributed by atoms with Gasteiger partial charge in [0.2, 0.25) is 26.0 Å². The van der Waals surface area contributed by atoms with Crippen molar-refractivity contribution in [2.24, 2.45) is 5.92 Å². The standard InChI is InChI=1S/C25H32FN3O6S2/c1-35-23-12-9-21(26)16-24(23)37(33,34)29-15-5-6-20(18-29)25(30)27-17-19-7-10-22(11-8-19)36(31,32)28-13-3-2-4-14-28/h7-12,16,20H,2-6,13-15,17-18H2,1H3,(H,27,30)/t20-/m1/s1. The first kappa shape index (κ1) is 27.5. The van der Waals surface area contributed by atoms with E-state index in [0.29, 0.717) is 25.9 Å². The second-order valence-corrected chi connectivity index (χ2v) is 13.2. The van der Waals surface area contributed by atoms with Crippen molar-refractivity contribution >= 4 is 26.0 Å². The second-order valence-electron chi connectivity index (χ2n) is 9.32. The van der Waals surface area contributed by atoms with Gasteiger partial charge in [-0.3, -0.25) is 4.79 Å². The predicted octanol–water partition coefficient (Wildman–Crippen LogP) is 2.73. The Morgan fingerprint density at radius 2 is 1.62 bits per heavy atom. The summed E-state index contributed by atoms with van der Waals surface area (Å²) in [5.74, 6) is -1.52. The Morgan fingerprint density at radius 3 is 2.30 bits per heavy atom. The van der Waals surface area contributed by atoms with Crippen molar-refractivity contribution in [1.82, 2.24) is 13.9 Å². The number of hydrogen-bond acceptors (Lipinski definition) is 6. The highest BCUT2D eigenvalue weighted by atomic mass is 32.2. The number of ether oxygens (including phenoxy) is 1. The molecule has 0 aromatic heterocycles. The molecule has 2 aliphatic heterocycles. The molecular weight excluding hydrogens is 521 g/mol. The van der Waals surface area contributed by atoms with E-state index in [1.54, 1.807) is 24.3 Å². The number of sulfonamides is 2. The Morgan fingerprint density at radius 1 is 0.946 bits per heavy atom. The zero-order valence-electron chi connectivity index (χ0n) is 20.7. The van der Waals surface area contributed by atoms with Crippen LogP contribution in [0.4, 0.5) is 4.39 Å². The molecule has 2 fully saturated rings. The van der Waals surface area contributed by atoms with Crippen LogP contribution in [0.25, 0.3) is 0 Å². The lowest BCUT2D eigenvalue weighted by atomic mass is 9.99. The summed E-state index contributed by atoms with van der Waals surface area (Å²) in [5.41, 5.74) is 0.732. The summed E-state index contributed by atoms with van der Waals surface area (Å²) in [4.78, 5) is 12.8. The molecule has 37 heavy (non-hydrogen) atoms. The smallest absolute Gasteiger partial charge is 0.246 e. The molecule has 0 unspecified atom stereocenters. The van der Waals surface area contributed by atoms with E-state index in [0.717, 1.165) is 37.0 Å². The molecule has 2 aromatic rings. The Balaban J connectivity index is 1.38. The molecular formula is C25H32FN3O6S2. The first-order valence-corrected chi connectivity index (χ1v) is 15.2. The molecule has 9 nitrogen and oxygen atoms in total. The van der Waals surface area contributed by atoms with Crippen LogP contribution in [0.5, 0.6) is 5.75 Å². The Labute approximate surface area is 217 Å². The summed E-state index contributed by atoms with van der Waals surface area (Å²) in [6.07, 6.45) is 3.76. The van der Waals surface area contributed by atoms with Gasteiger partial charge in [-0.15, -0.1) is 0 Å². The lowest BCUT2D eigenvalue weighted by molar-refractivity contribution is -0.126. The molecule has 2 saturated heterocycles. The van der Waals surface area contributed by atoms with Crippen LogP contribution in [-0.4, -0.2) is 64.6 Å². The summed E-state index contributed by atoms with van der Waals surface area (Å²) in [6, 6.07) is 9.75. The van der Waals surface area contributed by atoms with Gasteiger partial charge in [0, 0.05) is 32.7 Å². The minimum absolute atomic E-state index is 0.0269. The number of amides is 1. The fourth-order valence-electron chi connectivity index (χ4n) is 4.73. The van der Waals surface area contributed by atoms with E-state index in [1.165, 1.54) is 21.8 Å². The van der Waals surface area contributed by atoms with Crippen LogP contribution in [0, 0.1) is 11.7 Å². The monoisotopic (exact) mass is 553 g/mol. The highest BCUT2D eigenvalue weighted by Gasteiger charge is 2.35. The van der Waals surface area contributed by atoms with Gasteiger partial charge in [0.1, 0.15) is 16.5 Å². The van der Waals surface area contributed by atoms with Gasteiger partial charge in [-0.1, -0.05) is 18.6 Å². The van der Waals surface area contributed by atoms with Gasteiger partial charge in [0.25, 0.3) is 0 Å². The number of halogens is 1. The Kier molecular flexibility index (Phi) is 8.52. The van der Waals surface area contributed by atoms with Crippen LogP contribution >= 0.6 is 0 Å². The van der Waals surface area contributed by atoms with Crippen LogP contribution in [0.1, 0.15) is 37.7 Å². The topological polar surface area (TPSA) is 113 Å². The molecule has 1 N–H and O–H groups in total. The summed E-state index contributed by atoms with van der Waals surface area (Å²) in [6.45, 7) is 1.43. The van der Waals surface area contributed by atoms with Gasteiger partial charge in [-0.25, -0.2) is 21.2 Å². The minimum Gasteiger partial charge on any atom is -0.495 e. The van der Waals surface area contributed by atoms with Crippen LogP contribution in [0.3, 0.4) is 0 Å². The van der Waals surface area contributed by atoms with Crippen molar-refractivity contribution in [2.45, 2.75) is 48.4 Å². The molecule has 0 saturated carbocycles. The van der Waals surface area contributed by atoms with Gasteiger partial charge >= 0.3 is 0 Å². The number of methoxy groups -OCH3 is 1. The second kappa shape index (κ2) is 11.5. The fourth-order valence-corrected chi connectivity index (χ4v) is 7.94. The Bertz CT molecular complexity index is 1330. The zero-order valence-corrected chi connectivity index (χ0v) is 22.4. The van der Waals surface area contributed by atoms with Gasteiger partial charge in [0.15, 0.2) is 0 Å². The number of hydrogen-bond donors (Lipinski definition) is 1. The van der Waals surface area contributed by atoms with E-state index in [-0.39, 0.29) is 41.1 Å². The number of nitrogens with one attached hydrogen (secondary N) is 1. The molecule has 0 radical (unpaired) electrons. The number of rotatable bonds is 8. The summed E-state index contributed by atoms with van der Waals surface area (Å²) < 4.78 is 73.6. The lowest BCUT2D eigenvalue weighted by Crippen LogP contribution is -2.45. The molecule has 202 valence electrons. The van der Waals surface area contributed by atoms with Crippen LogP contribution in [-0.2, 0) is 31.4 Å². The molecule has 0 spiro atoms. The maximum Gasteiger partial charge on any atom is 0.246 e. The quantitative estimate of drug-likeness (QED) is 0.538. The van der Waals surface area contributed by atoms with E-state index in [4.69, 9.17) is 4.74 Å². The highest BCUT2D eigenvalue weighted by molar-refractivity contribution is 7.89. The molecule has 4 rings (SSSR count). The van der Waals surface area contributed by atoms with Crippen LogP contribution < -0.4 is 10.1 Å². The maximum atomic E-state index is 13.8. The normalized spacial score (nSPS) is 19.9. The number of carbonyl (C=O) groups excluding carboxylic acids is 1. The average Bonchev–Trinajstić information content (AvgIpc) is 2.92. The largest absolute Gasteiger partial charge is 0.495 e. The molecule has 2 aromatic carbocycles. The van der Waals surface area contributed by atoms with Crippen LogP contribution in [0.15, 0.2) is 52.3 Å². The third-order valence-electron chi connectivity index (χ3n) is 6.84. The summed E-state index contributed by atoms with van der Waals surface area (Å²) >= 11 is 0. The molecule has 0 bridgehead atoms. The molecule has 1 atom stereocenters. The van der Waals surface area contributed by atoms with Gasteiger partial charge in [0.05, 0.1) is 17.9 Å². The number of carbonyl (C=O) groups is 1. The van der Waals surface area contributed by atoms with Gasteiger partial charge in [-0.2, -0.15) is 8.61 Å². The fraction of sp³-hybridized carbons (Fsp3) is 0.480. The first-order valence-electron chi connectivity index (χ1n) is 12.3. The minimum atomic E-state index is -4.06. The zero-order chi connectivity index (χ0) is 26.6. The predicted molar refractivity (Wildman–Crippen MR) is 135 cm³/mol. The molecule has 0 aliphatic carbocycles. The van der Waals surface area contributed by atoms with E-state index in [1.807, 2.05) is 0 Å². The molecule has 12 heteroatoms. The third kappa shape index (κ3) is 6.14. The molecule has 2 aliphatic rings. The molecule has 1 amide bonds. The third-order valence-corrected chi connectivity index (χ3v) is 10.6. The average molecular weight is 554 g/mol. The van der Waals surface area contributed by atoms with Gasteiger partial charge in [-0.05, 0) is 61.6 Å². The van der Waals surface area contributed by atoms with Crippen molar-refractivity contribution in [3.8, 4) is 5.75 Å². The highest BCUT2D eigenvalue weighted by Crippen LogP contribution is 2.30. The first-order chi connectivity index (χ1) is 17.6. The van der Waals surface area contributed by atoms with E-state index < -0.39 is 31.8 Å². The van der Waals surface area contributed by atoms with Crippen molar-refractivity contribution in [2.75, 3.05) is 33.3 Å². The number of nitrogens with zero attached hydrogens (tertiary/aromatic N) is 2. The number of piperidine rings is 2. The molecule has 2 heterocycles. The summed E-state index contributed by atoms with van der Waals surface area (Å²) in [5, 5.41) is 2.83. The van der Waals surface area contributed by atoms with Crippen molar-refractivity contribution in [1.29, 1.82) is 0 Å². The maximum absolute atomic E-state index is 13.8. The Hall–Kier alpha value is -2.54. The van der Waals surface area contributed by atoms with Crippen molar-refractivity contribution in [3.63, 3.8) is 0 Å². The number of benzene rings is 2. The van der Waals surface area contributed by atoms with E-state index in [9.17, 15) is 26.0 Å². The van der Waals surface area contributed by atoms with Gasteiger partial charge < -0.3 is 10.1 Å². The van der Waals surface area contributed by atoms with E-state index in [2.05, 4.69) is 5.32 Å².